The number of anilines is 1. The van der Waals surface area contributed by atoms with E-state index >= 15 is 0 Å². The summed E-state index contributed by atoms with van der Waals surface area (Å²) in [4.78, 5) is 2.71. The monoisotopic (exact) mass is 879 g/mol. The molecule has 0 spiro atoms. The van der Waals surface area contributed by atoms with Crippen LogP contribution in [0.5, 0.6) is 0 Å². The maximum absolute atomic E-state index is 6.13. The van der Waals surface area contributed by atoms with Crippen molar-refractivity contribution in [3.05, 3.63) is 117 Å². The van der Waals surface area contributed by atoms with Gasteiger partial charge in [-0.05, 0) is 99.3 Å². The second-order valence-corrected chi connectivity index (χ2v) is 26.9. The molecule has 11 atom stereocenters. The fraction of sp³-hybridized carbons (Fsp3) is 0.592. The number of unbranched alkanes of at least 4 members (excludes halogenated alkanes) is 6. The molecule has 6 aliphatic rings. The van der Waals surface area contributed by atoms with Gasteiger partial charge in [-0.2, -0.15) is 0 Å². The van der Waals surface area contributed by atoms with Gasteiger partial charge < -0.3 is 24.5 Å². The Bertz CT molecular complexity index is 1570. The summed E-state index contributed by atoms with van der Waals surface area (Å²) >= 11 is -0.826. The molecule has 2 nitrogen and oxygen atoms in total. The van der Waals surface area contributed by atoms with Crippen LogP contribution in [-0.2, 0) is 25.6 Å². The van der Waals surface area contributed by atoms with E-state index < -0.39 is 28.9 Å². The number of hydrogen-bond donors (Lipinski definition) is 0. The van der Waals surface area contributed by atoms with Crippen molar-refractivity contribution in [2.24, 2.45) is 35.5 Å². The summed E-state index contributed by atoms with van der Waals surface area (Å²) in [5.74, 6) is 4.45. The molecule has 2 saturated carbocycles. The van der Waals surface area contributed by atoms with Crippen molar-refractivity contribution in [1.29, 1.82) is 0 Å². The Morgan fingerprint density at radius 2 is 1.36 bits per heavy atom. The Morgan fingerprint density at radius 1 is 0.764 bits per heavy atom. The molecule has 7 rings (SSSR count). The molecule has 0 radical (unpaired) electrons. The van der Waals surface area contributed by atoms with E-state index in [-0.39, 0.29) is 20.5 Å². The topological polar surface area (TPSA) is 12.5 Å². The van der Waals surface area contributed by atoms with Crippen molar-refractivity contribution in [3.8, 4) is 0 Å². The second kappa shape index (κ2) is 20.9. The summed E-state index contributed by atoms with van der Waals surface area (Å²) in [6.45, 7) is 15.0. The molecule has 11 unspecified atom stereocenters. The van der Waals surface area contributed by atoms with E-state index in [9.17, 15) is 0 Å². The van der Waals surface area contributed by atoms with Gasteiger partial charge in [0.15, 0.2) is 0 Å². The molecule has 1 aromatic carbocycles. The van der Waals surface area contributed by atoms with Crippen LogP contribution in [0.4, 0.5) is 5.69 Å². The molecule has 0 amide bonds. The summed E-state index contributed by atoms with van der Waals surface area (Å²) in [7, 11) is 10.3. The number of aryl methyl sites for hydroxylation is 1. The van der Waals surface area contributed by atoms with Crippen LogP contribution in [0.25, 0.3) is 0 Å². The van der Waals surface area contributed by atoms with Gasteiger partial charge in [0.2, 0.25) is 0 Å². The quantitative estimate of drug-likeness (QED) is 0.105. The van der Waals surface area contributed by atoms with Crippen LogP contribution >= 0.6 is 17.0 Å². The molecular weight excluding hydrogens is 809 g/mol. The van der Waals surface area contributed by atoms with E-state index in [0.29, 0.717) is 47.5 Å². The van der Waals surface area contributed by atoms with Gasteiger partial charge in [0.25, 0.3) is 0 Å². The minimum absolute atomic E-state index is 0. The van der Waals surface area contributed by atoms with Crippen molar-refractivity contribution < 1.29 is 25.6 Å². The summed E-state index contributed by atoms with van der Waals surface area (Å²) < 4.78 is 6.13. The summed E-state index contributed by atoms with van der Waals surface area (Å²) in [5, 5.41) is 0. The van der Waals surface area contributed by atoms with Crippen LogP contribution in [0.3, 0.4) is 0 Å². The molecule has 0 N–H and O–H groups in total. The number of halogens is 2. The van der Waals surface area contributed by atoms with Crippen molar-refractivity contribution >= 4 is 30.8 Å². The van der Waals surface area contributed by atoms with E-state index in [4.69, 9.17) is 21.8 Å². The van der Waals surface area contributed by atoms with Crippen LogP contribution in [0.15, 0.2) is 90.6 Å². The molecule has 0 saturated heterocycles. The number of fused-ring (bicyclic) bond motifs is 8. The van der Waals surface area contributed by atoms with Gasteiger partial charge in [0.05, 0.1) is 13.7 Å². The average molecular weight is 882 g/mol. The van der Waals surface area contributed by atoms with E-state index in [1.165, 1.54) is 75.1 Å². The molecule has 6 heteroatoms. The third kappa shape index (κ3) is 10.1. The van der Waals surface area contributed by atoms with E-state index in [1.807, 2.05) is 0 Å². The fourth-order valence-corrected chi connectivity index (χ4v) is 19.0. The summed E-state index contributed by atoms with van der Waals surface area (Å²) in [6, 6.07) is 9.41. The predicted octanol–water partition coefficient (Wildman–Crippen LogP) is 14.8. The van der Waals surface area contributed by atoms with Gasteiger partial charge in [-0.25, -0.2) is 0 Å². The Hall–Kier alpha value is -0.900. The number of allylic oxidation sites excluding steroid dienone is 11. The van der Waals surface area contributed by atoms with Crippen LogP contribution in [-0.4, -0.2) is 33.4 Å². The number of rotatable bonds is 14. The first-order chi connectivity index (χ1) is 25.5. The molecule has 0 bridgehead atoms. The number of benzene rings is 1. The second-order valence-electron chi connectivity index (χ2n) is 18.4. The van der Waals surface area contributed by atoms with Crippen molar-refractivity contribution in [3.63, 3.8) is 0 Å². The van der Waals surface area contributed by atoms with Crippen LogP contribution in [0, 0.1) is 57.3 Å². The summed E-state index contributed by atoms with van der Waals surface area (Å²) in [5.41, 5.74) is 7.69. The number of likely N-dealkylation sites (N-methyl/N-ethyl adjacent to an activating group) is 1. The molecule has 0 aromatic heterocycles. The van der Waals surface area contributed by atoms with E-state index in [1.54, 1.807) is 11.1 Å². The molecular formula is C49H73Cl2NOSiZr. The van der Waals surface area contributed by atoms with Gasteiger partial charge in [-0.1, -0.05) is 148 Å². The zero-order chi connectivity index (χ0) is 37.8. The number of nitrogens with zero attached hydrogens (tertiary/aromatic N) is 1. The van der Waals surface area contributed by atoms with Gasteiger partial charge in [-0.15, -0.1) is 0 Å². The van der Waals surface area contributed by atoms with E-state index in [0.717, 1.165) is 17.7 Å². The normalized spacial score (nSPS) is 31.4. The minimum atomic E-state index is -1.99. The van der Waals surface area contributed by atoms with Gasteiger partial charge in [-0.3, -0.25) is 0 Å². The summed E-state index contributed by atoms with van der Waals surface area (Å²) in [6.07, 6.45) is 40.1. The van der Waals surface area contributed by atoms with Gasteiger partial charge >= 0.3 is 37.9 Å². The molecule has 5 aliphatic carbocycles. The molecule has 302 valence electrons. The zero-order valence-corrected chi connectivity index (χ0v) is 40.7. The van der Waals surface area contributed by atoms with Crippen molar-refractivity contribution in [2.45, 2.75) is 134 Å². The van der Waals surface area contributed by atoms with Crippen LogP contribution in [0.2, 0.25) is 23.7 Å². The van der Waals surface area contributed by atoms with Gasteiger partial charge in [0.1, 0.15) is 0 Å². The Balaban J connectivity index is 0.00000130. The molecule has 1 aromatic rings. The van der Waals surface area contributed by atoms with Gasteiger partial charge in [0, 0.05) is 37.2 Å². The van der Waals surface area contributed by atoms with E-state index in [2.05, 4.69) is 138 Å². The Morgan fingerprint density at radius 3 is 2.04 bits per heavy atom. The molecule has 1 heterocycles. The zero-order valence-electron chi connectivity index (χ0n) is 35.7. The maximum atomic E-state index is 6.13. The first-order valence-corrected chi connectivity index (χ1v) is 30.3. The Labute approximate surface area is 358 Å². The third-order valence-electron chi connectivity index (χ3n) is 14.0. The third-order valence-corrected chi connectivity index (χ3v) is 20.0. The van der Waals surface area contributed by atoms with Crippen LogP contribution in [0.1, 0.15) is 103 Å². The standard InChI is InChI=1S/C47H67NOSi.2CH3.2ClH.Zr/c1-8-9-10-13-20-34-26-27-36-35-21-14-16-23-38(35)45(40(36)32-34)50(7,30-19-12-11-18-29-49-47(3,4)5)46-39-24-17-15-22-37(39)44-43(46)41-31-33(2)25-28-42(41)48(44)6;;;;;/h14-17,21-28,31-32,35-40,43-46H,8-13,18-20,29-30H2,1-7H3;2*1H3;2*1H;/q;2*-1;;;+4/p-2. The Kier molecular flexibility index (Phi) is 17.8. The van der Waals surface area contributed by atoms with Crippen molar-refractivity contribution in [2.75, 3.05) is 18.6 Å². The van der Waals surface area contributed by atoms with Crippen LogP contribution < -0.4 is 4.90 Å². The average Bonchev–Trinajstić information content (AvgIpc) is 3.75. The molecule has 55 heavy (non-hydrogen) atoms. The first-order valence-electron chi connectivity index (χ1n) is 21.1. The van der Waals surface area contributed by atoms with Crippen molar-refractivity contribution in [1.82, 2.24) is 0 Å². The fourth-order valence-electron chi connectivity index (χ4n) is 12.0. The SMILES string of the molecule is CCCCCCC1=CC2C(C=C1)C1C=CC=CC1C2[Si](C)(CCCCCCOC(C)(C)C)C1C2C=CC=CC2C2C1c1cc(C)ccc1N2C.[CH3-].[CH3-].[Cl][Zr+2][Cl]. The molecule has 1 aliphatic heterocycles. The number of hydrogen-bond acceptors (Lipinski definition) is 2. The number of ether oxygens (including phenoxy) is 1. The molecule has 2 fully saturated rings. The predicted molar refractivity (Wildman–Crippen MR) is 242 cm³/mol. The first kappa shape index (κ1) is 46.8.